The van der Waals surface area contributed by atoms with Gasteiger partial charge in [0.15, 0.2) is 17.4 Å². The van der Waals surface area contributed by atoms with E-state index in [2.05, 4.69) is 15.3 Å². The van der Waals surface area contributed by atoms with Crippen LogP contribution >= 0.6 is 23.2 Å². The van der Waals surface area contributed by atoms with Crippen LogP contribution in [-0.2, 0) is 13.0 Å². The molecule has 1 heterocycles. The number of H-pyrrole nitrogens is 1. The summed E-state index contributed by atoms with van der Waals surface area (Å²) in [6, 6.07) is 7.39. The van der Waals surface area contributed by atoms with Gasteiger partial charge in [0, 0.05) is 53.8 Å². The lowest BCUT2D eigenvalue weighted by molar-refractivity contribution is 0.0941. The summed E-state index contributed by atoms with van der Waals surface area (Å²) in [6.07, 6.45) is 1.80. The van der Waals surface area contributed by atoms with Crippen molar-refractivity contribution in [2.45, 2.75) is 13.0 Å². The number of hydrogen-bond donors (Lipinski definition) is 4. The van der Waals surface area contributed by atoms with Crippen molar-refractivity contribution in [3.63, 3.8) is 0 Å². The van der Waals surface area contributed by atoms with Gasteiger partial charge in [0.1, 0.15) is 5.75 Å². The molecule has 0 aliphatic heterocycles. The van der Waals surface area contributed by atoms with Gasteiger partial charge in [-0.3, -0.25) is 4.79 Å². The fourth-order valence-corrected chi connectivity index (χ4v) is 2.96. The SMILES string of the molecule is Nc1cc(Cl)cc(Oc2c(Cl)ccc(CNC(=O)c3ncc(CCO)[nH]3)c2F)c1. The molecule has 0 bridgehead atoms. The Balaban J connectivity index is 1.74. The molecule has 152 valence electrons. The Morgan fingerprint density at radius 3 is 2.83 bits per heavy atom. The number of rotatable bonds is 7. The second-order valence-corrected chi connectivity index (χ2v) is 6.93. The van der Waals surface area contributed by atoms with Crippen LogP contribution < -0.4 is 15.8 Å². The summed E-state index contributed by atoms with van der Waals surface area (Å²) in [5.74, 6) is -1.16. The quantitative estimate of drug-likeness (QED) is 0.420. The lowest BCUT2D eigenvalue weighted by atomic mass is 10.2. The maximum atomic E-state index is 14.9. The van der Waals surface area contributed by atoms with Crippen molar-refractivity contribution in [3.8, 4) is 11.5 Å². The number of halogens is 3. The van der Waals surface area contributed by atoms with E-state index < -0.39 is 11.7 Å². The van der Waals surface area contributed by atoms with E-state index in [1.165, 1.54) is 36.5 Å². The molecule has 0 fully saturated rings. The molecular weight excluding hydrogens is 422 g/mol. The van der Waals surface area contributed by atoms with Gasteiger partial charge in [-0.2, -0.15) is 0 Å². The minimum atomic E-state index is -0.725. The van der Waals surface area contributed by atoms with Crippen LogP contribution in [0, 0.1) is 5.82 Å². The number of ether oxygens (including phenoxy) is 1. The largest absolute Gasteiger partial charge is 0.453 e. The lowest BCUT2D eigenvalue weighted by Gasteiger charge is -2.13. The first-order chi connectivity index (χ1) is 13.9. The number of aromatic amines is 1. The number of benzene rings is 2. The molecule has 0 unspecified atom stereocenters. The van der Waals surface area contributed by atoms with E-state index in [1.807, 2.05) is 0 Å². The van der Waals surface area contributed by atoms with E-state index in [-0.39, 0.29) is 41.1 Å². The number of nitrogens with zero attached hydrogens (tertiary/aromatic N) is 1. The van der Waals surface area contributed by atoms with Crippen molar-refractivity contribution >= 4 is 34.8 Å². The predicted octanol–water partition coefficient (Wildman–Crippen LogP) is 3.69. The molecule has 0 saturated heterocycles. The Morgan fingerprint density at radius 1 is 1.31 bits per heavy atom. The van der Waals surface area contributed by atoms with Crippen LogP contribution in [0.15, 0.2) is 36.5 Å². The molecule has 7 nitrogen and oxygen atoms in total. The van der Waals surface area contributed by atoms with E-state index in [9.17, 15) is 9.18 Å². The first kappa shape index (κ1) is 20.9. The molecule has 29 heavy (non-hydrogen) atoms. The number of nitrogen functional groups attached to an aromatic ring is 1. The van der Waals surface area contributed by atoms with Crippen LogP contribution in [0.2, 0.25) is 10.0 Å². The zero-order valence-electron chi connectivity index (χ0n) is 15.0. The highest BCUT2D eigenvalue weighted by Gasteiger charge is 2.17. The summed E-state index contributed by atoms with van der Waals surface area (Å²) in [5.41, 5.74) is 6.85. The fourth-order valence-electron chi connectivity index (χ4n) is 2.55. The maximum absolute atomic E-state index is 14.9. The molecule has 0 atom stereocenters. The number of amides is 1. The monoisotopic (exact) mass is 438 g/mol. The van der Waals surface area contributed by atoms with Crippen molar-refractivity contribution in [1.82, 2.24) is 15.3 Å². The Labute approximate surface area is 175 Å². The van der Waals surface area contributed by atoms with E-state index in [1.54, 1.807) is 0 Å². The van der Waals surface area contributed by atoms with Crippen LogP contribution in [0.4, 0.5) is 10.1 Å². The van der Waals surface area contributed by atoms with E-state index in [4.69, 9.17) is 38.8 Å². The number of aromatic nitrogens is 2. The molecule has 0 spiro atoms. The molecule has 2 aromatic carbocycles. The number of nitrogens with one attached hydrogen (secondary N) is 2. The van der Waals surface area contributed by atoms with Gasteiger partial charge < -0.3 is 25.9 Å². The maximum Gasteiger partial charge on any atom is 0.287 e. The number of nitrogens with two attached hydrogens (primary N) is 1. The number of aliphatic hydroxyl groups is 1. The van der Waals surface area contributed by atoms with Crippen molar-refractivity contribution in [2.75, 3.05) is 12.3 Å². The van der Waals surface area contributed by atoms with Gasteiger partial charge in [0.25, 0.3) is 5.91 Å². The molecule has 1 amide bonds. The molecular formula is C19H17Cl2FN4O3. The normalized spacial score (nSPS) is 10.8. The summed E-state index contributed by atoms with van der Waals surface area (Å²) in [7, 11) is 0. The van der Waals surface area contributed by atoms with Gasteiger partial charge in [-0.05, 0) is 18.2 Å². The van der Waals surface area contributed by atoms with Crippen molar-refractivity contribution in [1.29, 1.82) is 0 Å². The Hall–Kier alpha value is -2.81. The standard InChI is InChI=1S/C19H17Cl2FN4O3/c20-11-5-12(23)7-14(6-11)29-17-15(21)2-1-10(16(17)22)8-25-19(28)18-24-9-13(26-18)3-4-27/h1-2,5-7,9,27H,3-4,8,23H2,(H,24,26)(H,25,28). The third kappa shape index (κ3) is 5.17. The molecule has 0 aliphatic rings. The van der Waals surface area contributed by atoms with E-state index in [0.29, 0.717) is 22.8 Å². The Bertz CT molecular complexity index is 1020. The van der Waals surface area contributed by atoms with Crippen LogP contribution in [0.25, 0.3) is 0 Å². The third-order valence-electron chi connectivity index (χ3n) is 3.91. The van der Waals surface area contributed by atoms with Gasteiger partial charge in [0.2, 0.25) is 0 Å². The van der Waals surface area contributed by atoms with E-state index >= 15 is 0 Å². The molecule has 3 rings (SSSR count). The second kappa shape index (κ2) is 9.13. The number of aliphatic hydroxyl groups excluding tert-OH is 1. The first-order valence-electron chi connectivity index (χ1n) is 8.51. The number of imidazole rings is 1. The van der Waals surface area contributed by atoms with Gasteiger partial charge in [-0.15, -0.1) is 0 Å². The zero-order valence-corrected chi connectivity index (χ0v) is 16.5. The predicted molar refractivity (Wildman–Crippen MR) is 108 cm³/mol. The highest BCUT2D eigenvalue weighted by molar-refractivity contribution is 6.32. The molecule has 3 aromatic rings. The molecule has 0 saturated carbocycles. The number of carbonyl (C=O) groups excluding carboxylic acids is 1. The third-order valence-corrected chi connectivity index (χ3v) is 4.42. The van der Waals surface area contributed by atoms with Crippen LogP contribution in [0.1, 0.15) is 21.9 Å². The van der Waals surface area contributed by atoms with Gasteiger partial charge in [0.05, 0.1) is 5.02 Å². The lowest BCUT2D eigenvalue weighted by Crippen LogP contribution is -2.24. The fraction of sp³-hybridized carbons (Fsp3) is 0.158. The summed E-state index contributed by atoms with van der Waals surface area (Å²) >= 11 is 12.0. The second-order valence-electron chi connectivity index (χ2n) is 6.09. The number of anilines is 1. The average molecular weight is 439 g/mol. The van der Waals surface area contributed by atoms with Gasteiger partial charge in [-0.25, -0.2) is 9.37 Å². The summed E-state index contributed by atoms with van der Waals surface area (Å²) < 4.78 is 20.4. The van der Waals surface area contributed by atoms with Crippen LogP contribution in [0.3, 0.4) is 0 Å². The molecule has 0 radical (unpaired) electrons. The first-order valence-corrected chi connectivity index (χ1v) is 9.26. The summed E-state index contributed by atoms with van der Waals surface area (Å²) in [5, 5.41) is 11.9. The molecule has 1 aromatic heterocycles. The topological polar surface area (TPSA) is 113 Å². The Kier molecular flexibility index (Phi) is 6.58. The molecule has 0 aliphatic carbocycles. The van der Waals surface area contributed by atoms with Crippen molar-refractivity contribution < 1.29 is 19.0 Å². The highest BCUT2D eigenvalue weighted by Crippen LogP contribution is 2.35. The van der Waals surface area contributed by atoms with Gasteiger partial charge >= 0.3 is 0 Å². The minimum Gasteiger partial charge on any atom is -0.453 e. The minimum absolute atomic E-state index is 0.0517. The smallest absolute Gasteiger partial charge is 0.287 e. The van der Waals surface area contributed by atoms with E-state index in [0.717, 1.165) is 0 Å². The average Bonchev–Trinajstić information content (AvgIpc) is 3.12. The van der Waals surface area contributed by atoms with Crippen LogP contribution in [-0.4, -0.2) is 27.6 Å². The van der Waals surface area contributed by atoms with Gasteiger partial charge in [-0.1, -0.05) is 29.3 Å². The summed E-state index contributed by atoms with van der Waals surface area (Å²) in [6.45, 7) is -0.188. The zero-order chi connectivity index (χ0) is 21.0. The van der Waals surface area contributed by atoms with Crippen molar-refractivity contribution in [2.24, 2.45) is 0 Å². The number of carbonyl (C=O) groups is 1. The summed E-state index contributed by atoms with van der Waals surface area (Å²) in [4.78, 5) is 18.9. The Morgan fingerprint density at radius 2 is 2.10 bits per heavy atom. The van der Waals surface area contributed by atoms with Crippen molar-refractivity contribution in [3.05, 3.63) is 69.5 Å². The van der Waals surface area contributed by atoms with Crippen LogP contribution in [0.5, 0.6) is 11.5 Å². The highest BCUT2D eigenvalue weighted by atomic mass is 35.5. The molecule has 5 N–H and O–H groups in total. The molecule has 10 heteroatoms. The number of hydrogen-bond acceptors (Lipinski definition) is 5.